The van der Waals surface area contributed by atoms with Gasteiger partial charge >= 0.3 is 0 Å². The Hall–Kier alpha value is -3.04. The van der Waals surface area contributed by atoms with E-state index in [0.29, 0.717) is 33.8 Å². The van der Waals surface area contributed by atoms with E-state index in [4.69, 9.17) is 21.1 Å². The Bertz CT molecular complexity index is 1070. The number of nitrogens with zero attached hydrogens (tertiary/aromatic N) is 4. The third-order valence-electron chi connectivity index (χ3n) is 4.30. The SMILES string of the molecule is CCn1c(SCC(=O)NN=Cc2cc(OC)ccc2OC)nnc1-c1ccc(Cl)cc1. The van der Waals surface area contributed by atoms with E-state index < -0.39 is 0 Å². The normalized spacial score (nSPS) is 11.0. The number of carbonyl (C=O) groups excluding carboxylic acids is 1. The van der Waals surface area contributed by atoms with E-state index in [2.05, 4.69) is 20.7 Å². The molecule has 0 aliphatic heterocycles. The zero-order valence-corrected chi connectivity index (χ0v) is 18.9. The third kappa shape index (κ3) is 5.77. The summed E-state index contributed by atoms with van der Waals surface area (Å²) in [5.41, 5.74) is 4.11. The lowest BCUT2D eigenvalue weighted by Gasteiger charge is -2.07. The summed E-state index contributed by atoms with van der Waals surface area (Å²) in [5, 5.41) is 13.8. The molecule has 0 aliphatic carbocycles. The van der Waals surface area contributed by atoms with Crippen LogP contribution in [0.15, 0.2) is 52.7 Å². The number of amides is 1. The van der Waals surface area contributed by atoms with Gasteiger partial charge in [0.2, 0.25) is 0 Å². The van der Waals surface area contributed by atoms with E-state index in [9.17, 15) is 4.79 Å². The molecule has 2 aromatic carbocycles. The number of thioether (sulfide) groups is 1. The van der Waals surface area contributed by atoms with Crippen LogP contribution in [0.5, 0.6) is 11.5 Å². The number of hydrazone groups is 1. The Kier molecular flexibility index (Phi) is 7.91. The molecule has 0 unspecified atom stereocenters. The van der Waals surface area contributed by atoms with Crippen molar-refractivity contribution in [1.82, 2.24) is 20.2 Å². The van der Waals surface area contributed by atoms with Gasteiger partial charge in [0.1, 0.15) is 11.5 Å². The summed E-state index contributed by atoms with van der Waals surface area (Å²) in [6.45, 7) is 2.67. The maximum atomic E-state index is 12.2. The number of hydrogen-bond donors (Lipinski definition) is 1. The van der Waals surface area contributed by atoms with Gasteiger partial charge in [0.15, 0.2) is 11.0 Å². The largest absolute Gasteiger partial charge is 0.497 e. The maximum absolute atomic E-state index is 12.2. The van der Waals surface area contributed by atoms with Gasteiger partial charge in [0.25, 0.3) is 5.91 Å². The van der Waals surface area contributed by atoms with Crippen LogP contribution in [-0.4, -0.2) is 46.9 Å². The van der Waals surface area contributed by atoms with Crippen LogP contribution in [0.1, 0.15) is 12.5 Å². The van der Waals surface area contributed by atoms with Crippen LogP contribution in [0.4, 0.5) is 0 Å². The predicted molar refractivity (Wildman–Crippen MR) is 122 cm³/mol. The second kappa shape index (κ2) is 10.8. The van der Waals surface area contributed by atoms with Crippen LogP contribution in [0, 0.1) is 0 Å². The van der Waals surface area contributed by atoms with Crippen LogP contribution in [0.3, 0.4) is 0 Å². The molecule has 8 nitrogen and oxygen atoms in total. The lowest BCUT2D eigenvalue weighted by molar-refractivity contribution is -0.118. The summed E-state index contributed by atoms with van der Waals surface area (Å²) >= 11 is 7.25. The van der Waals surface area contributed by atoms with Gasteiger partial charge in [-0.3, -0.25) is 4.79 Å². The van der Waals surface area contributed by atoms with Crippen LogP contribution >= 0.6 is 23.4 Å². The van der Waals surface area contributed by atoms with Crippen LogP contribution in [-0.2, 0) is 11.3 Å². The Morgan fingerprint density at radius 2 is 1.97 bits per heavy atom. The first-order valence-electron chi connectivity index (χ1n) is 9.41. The Morgan fingerprint density at radius 1 is 1.19 bits per heavy atom. The highest BCUT2D eigenvalue weighted by Gasteiger charge is 2.14. The standard InChI is InChI=1S/C21H22ClN5O3S/c1-4-27-20(14-5-7-16(22)8-6-14)25-26-21(27)31-13-19(28)24-23-12-15-11-17(29-2)9-10-18(15)30-3/h5-12H,4,13H2,1-3H3,(H,24,28). The predicted octanol–water partition coefficient (Wildman–Crippen LogP) is 3.88. The number of methoxy groups -OCH3 is 2. The van der Waals surface area contributed by atoms with Crippen LogP contribution in [0.25, 0.3) is 11.4 Å². The van der Waals surface area contributed by atoms with Crippen LogP contribution in [0.2, 0.25) is 5.02 Å². The van der Waals surface area contributed by atoms with Crippen molar-refractivity contribution in [2.75, 3.05) is 20.0 Å². The quantitative estimate of drug-likeness (QED) is 0.296. The minimum absolute atomic E-state index is 0.144. The molecule has 1 heterocycles. The Morgan fingerprint density at radius 3 is 2.65 bits per heavy atom. The number of ether oxygens (including phenoxy) is 2. The van der Waals surface area contributed by atoms with Crippen molar-refractivity contribution >= 4 is 35.5 Å². The molecule has 1 amide bonds. The summed E-state index contributed by atoms with van der Waals surface area (Å²) in [6, 6.07) is 12.7. The molecule has 31 heavy (non-hydrogen) atoms. The fourth-order valence-electron chi connectivity index (χ4n) is 2.77. The smallest absolute Gasteiger partial charge is 0.250 e. The molecule has 3 aromatic rings. The number of rotatable bonds is 9. The highest BCUT2D eigenvalue weighted by molar-refractivity contribution is 7.99. The number of hydrogen-bond acceptors (Lipinski definition) is 7. The van der Waals surface area contributed by atoms with Crippen molar-refractivity contribution in [3.05, 3.63) is 53.1 Å². The van der Waals surface area contributed by atoms with Gasteiger partial charge in [-0.1, -0.05) is 23.4 Å². The second-order valence-corrected chi connectivity index (χ2v) is 7.63. The number of nitrogens with one attached hydrogen (secondary N) is 1. The van der Waals surface area contributed by atoms with Crippen molar-refractivity contribution in [3.63, 3.8) is 0 Å². The third-order valence-corrected chi connectivity index (χ3v) is 5.52. The monoisotopic (exact) mass is 459 g/mol. The van der Waals surface area contributed by atoms with E-state index in [1.807, 2.05) is 23.6 Å². The Balaban J connectivity index is 1.61. The topological polar surface area (TPSA) is 90.6 Å². The van der Waals surface area contributed by atoms with Gasteiger partial charge in [0, 0.05) is 22.7 Å². The number of carbonyl (C=O) groups is 1. The fraction of sp³-hybridized carbons (Fsp3) is 0.238. The van der Waals surface area contributed by atoms with Crippen LogP contribution < -0.4 is 14.9 Å². The molecule has 10 heteroatoms. The van der Waals surface area contributed by atoms with E-state index >= 15 is 0 Å². The number of aromatic nitrogens is 3. The van der Waals surface area contributed by atoms with Gasteiger partial charge in [-0.05, 0) is 49.4 Å². The summed E-state index contributed by atoms with van der Waals surface area (Å²) in [6.07, 6.45) is 1.51. The zero-order chi connectivity index (χ0) is 22.2. The average molecular weight is 460 g/mol. The van der Waals surface area contributed by atoms with Gasteiger partial charge in [-0.2, -0.15) is 5.10 Å². The second-order valence-electron chi connectivity index (χ2n) is 6.25. The summed E-state index contributed by atoms with van der Waals surface area (Å²) < 4.78 is 12.4. The molecule has 0 spiro atoms. The van der Waals surface area contributed by atoms with Crippen molar-refractivity contribution in [2.45, 2.75) is 18.6 Å². The van der Waals surface area contributed by atoms with Crippen molar-refractivity contribution in [1.29, 1.82) is 0 Å². The fourth-order valence-corrected chi connectivity index (χ4v) is 3.69. The summed E-state index contributed by atoms with van der Waals surface area (Å²) in [7, 11) is 3.14. The van der Waals surface area contributed by atoms with E-state index in [-0.39, 0.29) is 11.7 Å². The minimum Gasteiger partial charge on any atom is -0.497 e. The highest BCUT2D eigenvalue weighted by Crippen LogP contribution is 2.25. The molecule has 0 atom stereocenters. The molecule has 0 saturated carbocycles. The number of benzene rings is 2. The number of halogens is 1. The Labute approximate surface area is 189 Å². The molecule has 0 aliphatic rings. The van der Waals surface area contributed by atoms with Gasteiger partial charge < -0.3 is 14.0 Å². The minimum atomic E-state index is -0.262. The van der Waals surface area contributed by atoms with Crippen molar-refractivity contribution in [3.8, 4) is 22.9 Å². The first-order chi connectivity index (χ1) is 15.0. The van der Waals surface area contributed by atoms with Gasteiger partial charge in [0.05, 0.1) is 26.2 Å². The zero-order valence-electron chi connectivity index (χ0n) is 17.3. The molecular weight excluding hydrogens is 438 g/mol. The molecule has 1 N–H and O–H groups in total. The van der Waals surface area contributed by atoms with E-state index in [1.54, 1.807) is 44.6 Å². The van der Waals surface area contributed by atoms with E-state index in [1.165, 1.54) is 18.0 Å². The summed E-state index contributed by atoms with van der Waals surface area (Å²) in [5.74, 6) is 1.90. The highest BCUT2D eigenvalue weighted by atomic mass is 35.5. The van der Waals surface area contributed by atoms with Gasteiger partial charge in [-0.25, -0.2) is 5.43 Å². The average Bonchev–Trinajstić information content (AvgIpc) is 3.21. The lowest BCUT2D eigenvalue weighted by atomic mass is 10.2. The maximum Gasteiger partial charge on any atom is 0.250 e. The van der Waals surface area contributed by atoms with Crippen molar-refractivity contribution in [2.24, 2.45) is 5.10 Å². The summed E-state index contributed by atoms with van der Waals surface area (Å²) in [4.78, 5) is 12.2. The molecule has 0 radical (unpaired) electrons. The van der Waals surface area contributed by atoms with Gasteiger partial charge in [-0.15, -0.1) is 10.2 Å². The lowest BCUT2D eigenvalue weighted by Crippen LogP contribution is -2.20. The molecule has 0 bridgehead atoms. The molecular formula is C21H22ClN5O3S. The molecule has 3 rings (SSSR count). The van der Waals surface area contributed by atoms with Crippen molar-refractivity contribution < 1.29 is 14.3 Å². The first kappa shape index (κ1) is 22.6. The molecule has 162 valence electrons. The molecule has 0 saturated heterocycles. The molecule has 1 aromatic heterocycles. The molecule has 0 fully saturated rings. The van der Waals surface area contributed by atoms with E-state index in [0.717, 1.165) is 11.4 Å². The first-order valence-corrected chi connectivity index (χ1v) is 10.8.